The Kier molecular flexibility index (Phi) is 4.69. The second kappa shape index (κ2) is 6.50. The minimum Gasteiger partial charge on any atom is -0.394 e. The van der Waals surface area contributed by atoms with E-state index in [0.717, 1.165) is 12.2 Å². The molecule has 2 aliphatic rings. The first-order chi connectivity index (χ1) is 9.82. The Morgan fingerprint density at radius 3 is 2.70 bits per heavy atom. The maximum atomic E-state index is 9.91. The van der Waals surface area contributed by atoms with Crippen LogP contribution in [0.2, 0.25) is 0 Å². The van der Waals surface area contributed by atoms with Gasteiger partial charge in [-0.05, 0) is 55.9 Å². The first kappa shape index (κ1) is 14.4. The van der Waals surface area contributed by atoms with Gasteiger partial charge in [-0.1, -0.05) is 24.6 Å². The van der Waals surface area contributed by atoms with Crippen LogP contribution in [0, 0.1) is 5.92 Å². The molecule has 0 amide bonds. The molecule has 0 bridgehead atoms. The van der Waals surface area contributed by atoms with Crippen LogP contribution in [0.25, 0.3) is 0 Å². The van der Waals surface area contributed by atoms with Crippen molar-refractivity contribution in [1.29, 1.82) is 0 Å². The SMILES string of the molecule is OCC1(NC2CC2)CCCC1CCSc1ccccc1. The highest BCUT2D eigenvalue weighted by atomic mass is 32.2. The van der Waals surface area contributed by atoms with Gasteiger partial charge in [-0.25, -0.2) is 0 Å². The van der Waals surface area contributed by atoms with Crippen LogP contribution in [0.5, 0.6) is 0 Å². The van der Waals surface area contributed by atoms with E-state index in [1.165, 1.54) is 37.0 Å². The van der Waals surface area contributed by atoms with Crippen molar-refractivity contribution < 1.29 is 5.11 Å². The first-order valence-electron chi connectivity index (χ1n) is 7.89. The van der Waals surface area contributed by atoms with Gasteiger partial charge in [-0.2, -0.15) is 0 Å². The van der Waals surface area contributed by atoms with Gasteiger partial charge in [-0.15, -0.1) is 11.8 Å². The lowest BCUT2D eigenvalue weighted by molar-refractivity contribution is 0.120. The number of aliphatic hydroxyl groups is 1. The Morgan fingerprint density at radius 2 is 2.00 bits per heavy atom. The van der Waals surface area contributed by atoms with Crippen molar-refractivity contribution in [2.75, 3.05) is 12.4 Å². The molecule has 0 spiro atoms. The van der Waals surface area contributed by atoms with Crippen LogP contribution in [0.3, 0.4) is 0 Å². The maximum absolute atomic E-state index is 9.91. The lowest BCUT2D eigenvalue weighted by Gasteiger charge is -2.35. The summed E-state index contributed by atoms with van der Waals surface area (Å²) >= 11 is 1.94. The van der Waals surface area contributed by atoms with E-state index in [1.54, 1.807) is 0 Å². The van der Waals surface area contributed by atoms with Gasteiger partial charge in [0, 0.05) is 16.5 Å². The van der Waals surface area contributed by atoms with Crippen LogP contribution in [0.1, 0.15) is 38.5 Å². The molecular weight excluding hydrogens is 266 g/mol. The van der Waals surface area contributed by atoms with E-state index in [-0.39, 0.29) is 5.54 Å². The summed E-state index contributed by atoms with van der Waals surface area (Å²) in [5, 5.41) is 13.7. The van der Waals surface area contributed by atoms with E-state index in [1.807, 2.05) is 11.8 Å². The molecule has 2 fully saturated rings. The summed E-state index contributed by atoms with van der Waals surface area (Å²) in [6.07, 6.45) is 7.50. The molecule has 0 radical (unpaired) electrons. The zero-order chi connectivity index (χ0) is 13.8. The first-order valence-corrected chi connectivity index (χ1v) is 8.87. The van der Waals surface area contributed by atoms with Crippen molar-refractivity contribution in [2.24, 2.45) is 5.92 Å². The summed E-state index contributed by atoms with van der Waals surface area (Å²) in [5.41, 5.74) is 0.0262. The largest absolute Gasteiger partial charge is 0.394 e. The molecule has 1 aromatic carbocycles. The highest BCUT2D eigenvalue weighted by Gasteiger charge is 2.44. The number of benzene rings is 1. The number of thioether (sulfide) groups is 1. The fourth-order valence-electron chi connectivity index (χ4n) is 3.48. The monoisotopic (exact) mass is 291 g/mol. The van der Waals surface area contributed by atoms with E-state index in [9.17, 15) is 5.11 Å². The molecule has 3 heteroatoms. The quantitative estimate of drug-likeness (QED) is 0.755. The van der Waals surface area contributed by atoms with E-state index in [2.05, 4.69) is 35.6 Å². The molecule has 2 saturated carbocycles. The van der Waals surface area contributed by atoms with Crippen LogP contribution in [0.4, 0.5) is 0 Å². The Labute approximate surface area is 126 Å². The van der Waals surface area contributed by atoms with E-state index >= 15 is 0 Å². The van der Waals surface area contributed by atoms with Crippen LogP contribution >= 0.6 is 11.8 Å². The minimum atomic E-state index is 0.0262. The van der Waals surface area contributed by atoms with Gasteiger partial charge in [0.25, 0.3) is 0 Å². The number of rotatable bonds is 7. The van der Waals surface area contributed by atoms with Crippen molar-refractivity contribution in [3.63, 3.8) is 0 Å². The van der Waals surface area contributed by atoms with E-state index in [0.29, 0.717) is 18.6 Å². The van der Waals surface area contributed by atoms with Crippen LogP contribution in [0.15, 0.2) is 35.2 Å². The molecule has 1 aromatic rings. The predicted octanol–water partition coefficient (Wildman–Crippen LogP) is 3.45. The average molecular weight is 291 g/mol. The zero-order valence-corrected chi connectivity index (χ0v) is 12.9. The zero-order valence-electron chi connectivity index (χ0n) is 12.1. The molecule has 2 atom stereocenters. The lowest BCUT2D eigenvalue weighted by atomic mass is 9.85. The Hall–Kier alpha value is -0.510. The summed E-state index contributed by atoms with van der Waals surface area (Å²) < 4.78 is 0. The normalized spacial score (nSPS) is 29.8. The van der Waals surface area contributed by atoms with Crippen LogP contribution in [-0.2, 0) is 0 Å². The van der Waals surface area contributed by atoms with E-state index in [4.69, 9.17) is 0 Å². The van der Waals surface area contributed by atoms with Gasteiger partial charge >= 0.3 is 0 Å². The van der Waals surface area contributed by atoms with Crippen LogP contribution < -0.4 is 5.32 Å². The van der Waals surface area contributed by atoms with Crippen LogP contribution in [-0.4, -0.2) is 29.0 Å². The van der Waals surface area contributed by atoms with Gasteiger partial charge in [-0.3, -0.25) is 0 Å². The third-order valence-corrected chi connectivity index (χ3v) is 5.83. The smallest absolute Gasteiger partial charge is 0.0616 e. The number of hydrogen-bond donors (Lipinski definition) is 2. The molecule has 2 N–H and O–H groups in total. The molecule has 2 nitrogen and oxygen atoms in total. The molecule has 2 aliphatic carbocycles. The average Bonchev–Trinajstić information content (AvgIpc) is 3.21. The van der Waals surface area contributed by atoms with Crippen molar-refractivity contribution in [1.82, 2.24) is 5.32 Å². The van der Waals surface area contributed by atoms with Crippen molar-refractivity contribution in [3.05, 3.63) is 30.3 Å². The number of hydrogen-bond acceptors (Lipinski definition) is 3. The third kappa shape index (κ3) is 3.38. The fourth-order valence-corrected chi connectivity index (χ4v) is 4.47. The summed E-state index contributed by atoms with van der Waals surface area (Å²) in [5.74, 6) is 1.80. The Bertz CT molecular complexity index is 420. The molecule has 3 rings (SSSR count). The lowest BCUT2D eigenvalue weighted by Crippen LogP contribution is -2.52. The molecule has 0 saturated heterocycles. The molecule has 0 heterocycles. The Balaban J connectivity index is 1.52. The van der Waals surface area contributed by atoms with Gasteiger partial charge in [0.15, 0.2) is 0 Å². The standard InChI is InChI=1S/C17H25NOS/c19-13-17(18-15-8-9-15)11-4-5-14(17)10-12-20-16-6-2-1-3-7-16/h1-3,6-7,14-15,18-19H,4-5,8-13H2. The highest BCUT2D eigenvalue weighted by molar-refractivity contribution is 7.99. The van der Waals surface area contributed by atoms with Gasteiger partial charge < -0.3 is 10.4 Å². The van der Waals surface area contributed by atoms with Crippen molar-refractivity contribution in [2.45, 2.75) is 55.0 Å². The topological polar surface area (TPSA) is 32.3 Å². The summed E-state index contributed by atoms with van der Waals surface area (Å²) in [6, 6.07) is 11.3. The molecule has 2 unspecified atom stereocenters. The number of aliphatic hydroxyl groups excluding tert-OH is 1. The Morgan fingerprint density at radius 1 is 1.20 bits per heavy atom. The fraction of sp³-hybridized carbons (Fsp3) is 0.647. The maximum Gasteiger partial charge on any atom is 0.0616 e. The highest BCUT2D eigenvalue weighted by Crippen LogP contribution is 2.41. The molecular formula is C17H25NOS. The molecule has 0 aromatic heterocycles. The van der Waals surface area contributed by atoms with Gasteiger partial charge in [0.1, 0.15) is 0 Å². The predicted molar refractivity (Wildman–Crippen MR) is 85.1 cm³/mol. The summed E-state index contributed by atoms with van der Waals surface area (Å²) in [7, 11) is 0. The number of nitrogens with one attached hydrogen (secondary N) is 1. The second-order valence-corrected chi connectivity index (χ2v) is 7.44. The summed E-state index contributed by atoms with van der Waals surface area (Å²) in [4.78, 5) is 1.36. The molecule has 110 valence electrons. The van der Waals surface area contributed by atoms with Gasteiger partial charge in [0.05, 0.1) is 6.61 Å². The second-order valence-electron chi connectivity index (χ2n) is 6.27. The minimum absolute atomic E-state index is 0.0262. The molecule has 0 aliphatic heterocycles. The van der Waals surface area contributed by atoms with Crippen molar-refractivity contribution in [3.8, 4) is 0 Å². The summed E-state index contributed by atoms with van der Waals surface area (Å²) in [6.45, 7) is 0.310. The third-order valence-electron chi connectivity index (χ3n) is 4.79. The van der Waals surface area contributed by atoms with E-state index < -0.39 is 0 Å². The van der Waals surface area contributed by atoms with Crippen molar-refractivity contribution >= 4 is 11.8 Å². The van der Waals surface area contributed by atoms with Gasteiger partial charge in [0.2, 0.25) is 0 Å². The molecule has 20 heavy (non-hydrogen) atoms.